The van der Waals surface area contributed by atoms with Gasteiger partial charge in [-0.1, -0.05) is 0 Å². The van der Waals surface area contributed by atoms with Crippen molar-refractivity contribution in [2.75, 3.05) is 0 Å². The van der Waals surface area contributed by atoms with Crippen LogP contribution < -0.4 is 5.90 Å². The molecular weight excluding hydrogens is 164 g/mol. The standard InChI is InChI=1S/C4H3B2NO5/c5-10-3(8)1-2(12-7)4(9)11-6/h1H,7H2/b2-1+. The van der Waals surface area contributed by atoms with Gasteiger partial charge in [0.15, 0.2) is 0 Å². The van der Waals surface area contributed by atoms with Crippen molar-refractivity contribution in [3.8, 4) is 0 Å². The zero-order valence-corrected chi connectivity index (χ0v) is 5.85. The molecule has 0 rings (SSSR count). The van der Waals surface area contributed by atoms with E-state index >= 15 is 0 Å². The predicted octanol–water partition coefficient (Wildman–Crippen LogP) is -1.99. The van der Waals surface area contributed by atoms with E-state index in [1.54, 1.807) is 0 Å². The van der Waals surface area contributed by atoms with E-state index in [2.05, 4.69) is 36.1 Å². The molecule has 0 saturated carbocycles. The second-order valence-corrected chi connectivity index (χ2v) is 1.47. The Balaban J connectivity index is 4.43. The number of carbonyl (C=O) groups is 2. The first-order valence-corrected chi connectivity index (χ1v) is 2.56. The summed E-state index contributed by atoms with van der Waals surface area (Å²) in [6.45, 7) is 0. The number of nitrogens with two attached hydrogens (primary N) is 1. The highest BCUT2D eigenvalue weighted by atomic mass is 16.6. The maximum absolute atomic E-state index is 10.5. The molecule has 4 radical (unpaired) electrons. The van der Waals surface area contributed by atoms with Gasteiger partial charge in [0.25, 0.3) is 0 Å². The third kappa shape index (κ3) is 3.11. The van der Waals surface area contributed by atoms with E-state index in [1.807, 2.05) is 0 Å². The van der Waals surface area contributed by atoms with Gasteiger partial charge in [-0.3, -0.25) is 0 Å². The lowest BCUT2D eigenvalue weighted by atomic mass is 10.4. The van der Waals surface area contributed by atoms with Crippen LogP contribution in [0.15, 0.2) is 11.8 Å². The van der Waals surface area contributed by atoms with Gasteiger partial charge in [0.05, 0.1) is 6.08 Å². The molecule has 0 aromatic rings. The molecule has 0 aliphatic rings. The van der Waals surface area contributed by atoms with Gasteiger partial charge in [0.2, 0.25) is 5.76 Å². The Hall–Kier alpha value is -1.43. The lowest BCUT2D eigenvalue weighted by Gasteiger charge is -2.01. The molecule has 0 unspecified atom stereocenters. The molecule has 60 valence electrons. The average molecular weight is 167 g/mol. The first-order valence-electron chi connectivity index (χ1n) is 2.56. The van der Waals surface area contributed by atoms with E-state index in [-0.39, 0.29) is 0 Å². The van der Waals surface area contributed by atoms with Crippen LogP contribution in [0.25, 0.3) is 0 Å². The summed E-state index contributed by atoms with van der Waals surface area (Å²) in [6.07, 6.45) is 0.579. The number of hydrogen-bond donors (Lipinski definition) is 1. The number of hydrogen-bond acceptors (Lipinski definition) is 6. The van der Waals surface area contributed by atoms with E-state index in [9.17, 15) is 9.59 Å². The molecule has 8 heteroatoms. The minimum atomic E-state index is -1.12. The second kappa shape index (κ2) is 5.25. The van der Waals surface area contributed by atoms with E-state index in [1.165, 1.54) is 0 Å². The monoisotopic (exact) mass is 167 g/mol. The smallest absolute Gasteiger partial charge is 0.379 e. The number of rotatable bonds is 3. The minimum absolute atomic E-state index is 0.579. The highest BCUT2D eigenvalue weighted by Crippen LogP contribution is 1.96. The zero-order chi connectivity index (χ0) is 9.56. The van der Waals surface area contributed by atoms with Crippen molar-refractivity contribution in [1.29, 1.82) is 0 Å². The fourth-order valence-electron chi connectivity index (χ4n) is 0.340. The molecular formula is C4H3B2NO5. The van der Waals surface area contributed by atoms with Crippen LogP contribution in [0.3, 0.4) is 0 Å². The van der Waals surface area contributed by atoms with Crippen molar-refractivity contribution < 1.29 is 23.7 Å². The van der Waals surface area contributed by atoms with Crippen LogP contribution in [-0.4, -0.2) is 28.0 Å². The van der Waals surface area contributed by atoms with Gasteiger partial charge < -0.3 is 14.1 Å². The third-order valence-electron chi connectivity index (χ3n) is 0.800. The molecule has 0 spiro atoms. The predicted molar refractivity (Wildman–Crippen MR) is 37.0 cm³/mol. The zero-order valence-electron chi connectivity index (χ0n) is 5.85. The maximum atomic E-state index is 10.5. The summed E-state index contributed by atoms with van der Waals surface area (Å²) in [4.78, 5) is 24.8. The quantitative estimate of drug-likeness (QED) is 0.226. The van der Waals surface area contributed by atoms with Gasteiger partial charge in [-0.15, -0.1) is 0 Å². The van der Waals surface area contributed by atoms with Crippen LogP contribution in [-0.2, 0) is 23.7 Å². The first-order chi connectivity index (χ1) is 5.65. The molecule has 0 amide bonds. The molecule has 0 atom stereocenters. The molecule has 2 N–H and O–H groups in total. The minimum Gasteiger partial charge on any atom is -0.540 e. The topological polar surface area (TPSA) is 87.9 Å². The van der Waals surface area contributed by atoms with Crippen molar-refractivity contribution in [2.45, 2.75) is 0 Å². The number of carbonyl (C=O) groups excluding carboxylic acids is 2. The fourth-order valence-corrected chi connectivity index (χ4v) is 0.340. The lowest BCUT2D eigenvalue weighted by molar-refractivity contribution is -0.135. The van der Waals surface area contributed by atoms with Crippen LogP contribution in [0.5, 0.6) is 0 Å². The lowest BCUT2D eigenvalue weighted by Crippen LogP contribution is -2.14. The van der Waals surface area contributed by atoms with Gasteiger partial charge in [0, 0.05) is 0 Å². The third-order valence-corrected chi connectivity index (χ3v) is 0.800. The summed E-state index contributed by atoms with van der Waals surface area (Å²) in [5.74, 6) is 1.81. The Kier molecular flexibility index (Phi) is 4.62. The highest BCUT2D eigenvalue weighted by molar-refractivity contribution is 6.11. The van der Waals surface area contributed by atoms with Gasteiger partial charge in [-0.05, 0) is 0 Å². The molecule has 0 aromatic heterocycles. The molecule has 0 saturated heterocycles. The summed E-state index contributed by atoms with van der Waals surface area (Å²) >= 11 is 0. The van der Waals surface area contributed by atoms with Gasteiger partial charge in [0.1, 0.15) is 0 Å². The Labute approximate surface area is 70.5 Å². The molecule has 0 heterocycles. The Morgan fingerprint density at radius 1 is 1.25 bits per heavy atom. The molecule has 0 aliphatic heterocycles. The highest BCUT2D eigenvalue weighted by Gasteiger charge is 2.12. The second-order valence-electron chi connectivity index (χ2n) is 1.47. The van der Waals surface area contributed by atoms with Gasteiger partial charge >= 0.3 is 28.0 Å². The molecule has 0 aromatic carbocycles. The van der Waals surface area contributed by atoms with Crippen molar-refractivity contribution >= 4 is 28.0 Å². The van der Waals surface area contributed by atoms with E-state index < -0.39 is 17.7 Å². The van der Waals surface area contributed by atoms with E-state index in [0.29, 0.717) is 6.08 Å². The average Bonchev–Trinajstić information content (AvgIpc) is 2.12. The van der Waals surface area contributed by atoms with Crippen LogP contribution in [0.4, 0.5) is 0 Å². The largest absolute Gasteiger partial charge is 0.540 e. The first kappa shape index (κ1) is 10.6. The molecule has 6 nitrogen and oxygen atoms in total. The van der Waals surface area contributed by atoms with E-state index in [0.717, 1.165) is 0 Å². The summed E-state index contributed by atoms with van der Waals surface area (Å²) < 4.78 is 7.37. The molecule has 0 bridgehead atoms. The van der Waals surface area contributed by atoms with Gasteiger partial charge in [-0.25, -0.2) is 9.59 Å². The summed E-state index contributed by atoms with van der Waals surface area (Å²) in [6, 6.07) is 0. The Bertz CT molecular complexity index is 215. The van der Waals surface area contributed by atoms with Crippen LogP contribution in [0, 0.1) is 0 Å². The van der Waals surface area contributed by atoms with Crippen molar-refractivity contribution in [2.24, 2.45) is 5.90 Å². The summed E-state index contributed by atoms with van der Waals surface area (Å²) in [5.41, 5.74) is 0. The van der Waals surface area contributed by atoms with E-state index in [4.69, 9.17) is 0 Å². The Morgan fingerprint density at radius 3 is 2.17 bits per heavy atom. The molecule has 0 aliphatic carbocycles. The van der Waals surface area contributed by atoms with Crippen molar-refractivity contribution in [3.05, 3.63) is 11.8 Å². The molecule has 12 heavy (non-hydrogen) atoms. The van der Waals surface area contributed by atoms with Gasteiger partial charge in [-0.2, -0.15) is 5.90 Å². The fraction of sp³-hybridized carbons (Fsp3) is 0. The van der Waals surface area contributed by atoms with Crippen molar-refractivity contribution in [1.82, 2.24) is 0 Å². The normalized spacial score (nSPS) is 10.2. The van der Waals surface area contributed by atoms with Crippen LogP contribution in [0.1, 0.15) is 0 Å². The van der Waals surface area contributed by atoms with Crippen LogP contribution >= 0.6 is 0 Å². The SMILES string of the molecule is [B]OC(=O)/C=C(/ON)C(=O)O[B]. The van der Waals surface area contributed by atoms with Crippen molar-refractivity contribution in [3.63, 3.8) is 0 Å². The summed E-state index contributed by atoms with van der Waals surface area (Å²) in [7, 11) is 8.90. The summed E-state index contributed by atoms with van der Waals surface area (Å²) in [5, 5.41) is 0. The maximum Gasteiger partial charge on any atom is 0.379 e. The Morgan fingerprint density at radius 2 is 1.83 bits per heavy atom. The molecule has 0 fully saturated rings. The van der Waals surface area contributed by atoms with Crippen LogP contribution in [0.2, 0.25) is 0 Å².